The minimum Gasteiger partial charge on any atom is -0.463 e. The van der Waals surface area contributed by atoms with Gasteiger partial charge in [0.05, 0.1) is 18.2 Å². The van der Waals surface area contributed by atoms with Crippen LogP contribution in [0.4, 0.5) is 4.39 Å². The summed E-state index contributed by atoms with van der Waals surface area (Å²) in [5.41, 5.74) is 3.69. The molecule has 1 aromatic heterocycles. The van der Waals surface area contributed by atoms with Crippen LogP contribution in [0.1, 0.15) is 31.4 Å². The van der Waals surface area contributed by atoms with Gasteiger partial charge in [-0.3, -0.25) is 14.8 Å². The van der Waals surface area contributed by atoms with Gasteiger partial charge in [0.2, 0.25) is 0 Å². The number of hydrazine groups is 1. The lowest BCUT2D eigenvalue weighted by atomic mass is 10.1. The first-order valence-electron chi connectivity index (χ1n) is 9.23. The molecule has 0 aliphatic carbocycles. The van der Waals surface area contributed by atoms with Gasteiger partial charge in [0.1, 0.15) is 11.7 Å². The van der Waals surface area contributed by atoms with Crippen LogP contribution in [0.2, 0.25) is 0 Å². The third-order valence-corrected chi connectivity index (χ3v) is 4.70. The number of aromatic amines is 1. The number of aromatic nitrogens is 1. The molecule has 1 atom stereocenters. The molecule has 1 aromatic rings. The molecular weight excluding hydrogens is 365 g/mol. The van der Waals surface area contributed by atoms with E-state index in [1.807, 2.05) is 4.90 Å². The summed E-state index contributed by atoms with van der Waals surface area (Å²) >= 11 is 0. The standard InChI is InChI=1S/C19H24FN5O3/c1-3-28-19(27)13-10-23-24(12-13)8-6-17(21-2)25-7-4-5-16(25)15-9-14(20)11-22-18(15)26/h6,8-9,11-12,16,23H,3-5,7,10H2,1-2H3,(H,22,26)/b8-6-,21-17?. The van der Waals surface area contributed by atoms with E-state index >= 15 is 0 Å². The maximum Gasteiger partial charge on any atom is 0.336 e. The largest absolute Gasteiger partial charge is 0.463 e. The fraction of sp³-hybridized carbons (Fsp3) is 0.421. The molecule has 0 spiro atoms. The molecular formula is C19H24FN5O3. The van der Waals surface area contributed by atoms with E-state index in [-0.39, 0.29) is 17.6 Å². The summed E-state index contributed by atoms with van der Waals surface area (Å²) in [5, 5.41) is 1.66. The maximum atomic E-state index is 13.6. The highest BCUT2D eigenvalue weighted by atomic mass is 19.1. The van der Waals surface area contributed by atoms with Gasteiger partial charge in [-0.15, -0.1) is 0 Å². The third kappa shape index (κ3) is 4.30. The van der Waals surface area contributed by atoms with Gasteiger partial charge in [-0.2, -0.15) is 0 Å². The van der Waals surface area contributed by atoms with E-state index in [4.69, 9.17) is 4.74 Å². The van der Waals surface area contributed by atoms with Crippen molar-refractivity contribution in [3.8, 4) is 0 Å². The van der Waals surface area contributed by atoms with Crippen LogP contribution < -0.4 is 11.0 Å². The van der Waals surface area contributed by atoms with Crippen molar-refractivity contribution < 1.29 is 13.9 Å². The Labute approximate surface area is 162 Å². The van der Waals surface area contributed by atoms with Crippen molar-refractivity contribution in [1.82, 2.24) is 20.3 Å². The van der Waals surface area contributed by atoms with E-state index < -0.39 is 5.82 Å². The maximum absolute atomic E-state index is 13.6. The number of carbonyl (C=O) groups excluding carboxylic acids is 1. The lowest BCUT2D eigenvalue weighted by Gasteiger charge is -2.26. The Morgan fingerprint density at radius 3 is 3.07 bits per heavy atom. The number of H-pyrrole nitrogens is 1. The molecule has 9 heteroatoms. The van der Waals surface area contributed by atoms with Crippen LogP contribution in [-0.4, -0.2) is 53.4 Å². The van der Waals surface area contributed by atoms with Crippen molar-refractivity contribution in [3.05, 3.63) is 58.0 Å². The Hall–Kier alpha value is -2.94. The zero-order chi connectivity index (χ0) is 20.1. The molecule has 1 saturated heterocycles. The number of amidine groups is 1. The zero-order valence-electron chi connectivity index (χ0n) is 15.9. The van der Waals surface area contributed by atoms with Crippen LogP contribution >= 0.6 is 0 Å². The molecule has 3 rings (SSSR count). The van der Waals surface area contributed by atoms with Crippen molar-refractivity contribution in [2.75, 3.05) is 26.7 Å². The smallest absolute Gasteiger partial charge is 0.336 e. The first-order chi connectivity index (χ1) is 13.5. The Balaban J connectivity index is 1.74. The number of nitrogens with zero attached hydrogens (tertiary/aromatic N) is 3. The quantitative estimate of drug-likeness (QED) is 0.450. The molecule has 1 unspecified atom stereocenters. The number of rotatable bonds is 5. The van der Waals surface area contributed by atoms with Gasteiger partial charge >= 0.3 is 5.97 Å². The van der Waals surface area contributed by atoms with Crippen LogP contribution in [0.5, 0.6) is 0 Å². The summed E-state index contributed by atoms with van der Waals surface area (Å²) in [4.78, 5) is 32.7. The molecule has 28 heavy (non-hydrogen) atoms. The second-order valence-electron chi connectivity index (χ2n) is 6.47. The SMILES string of the molecule is CCOC(=O)C1=CN(/C=C\C(=NC)N2CCCC2c2cc(F)c[nH]c2=O)NC1. The number of pyridine rings is 1. The van der Waals surface area contributed by atoms with E-state index in [2.05, 4.69) is 15.4 Å². The summed E-state index contributed by atoms with van der Waals surface area (Å²) in [6.45, 7) is 3.19. The number of carbonyl (C=O) groups is 1. The minimum atomic E-state index is -0.468. The predicted octanol–water partition coefficient (Wildman–Crippen LogP) is 1.46. The number of likely N-dealkylation sites (tertiary alicyclic amines) is 1. The molecule has 2 N–H and O–H groups in total. The molecule has 0 aromatic carbocycles. The van der Waals surface area contributed by atoms with E-state index in [0.29, 0.717) is 30.1 Å². The van der Waals surface area contributed by atoms with Crippen LogP contribution in [0.25, 0.3) is 0 Å². The monoisotopic (exact) mass is 389 g/mol. The Bertz CT molecular complexity index is 877. The Morgan fingerprint density at radius 2 is 2.32 bits per heavy atom. The number of ether oxygens (including phenoxy) is 1. The van der Waals surface area contributed by atoms with E-state index in [0.717, 1.165) is 25.6 Å². The van der Waals surface area contributed by atoms with Gasteiger partial charge in [0, 0.05) is 44.3 Å². The molecule has 0 bridgehead atoms. The normalized spacial score (nSPS) is 20.2. The second kappa shape index (κ2) is 8.83. The van der Waals surface area contributed by atoms with Gasteiger partial charge in [0.15, 0.2) is 0 Å². The number of hydrogen-bond acceptors (Lipinski definition) is 6. The highest BCUT2D eigenvalue weighted by Gasteiger charge is 2.30. The van der Waals surface area contributed by atoms with Crippen molar-refractivity contribution in [1.29, 1.82) is 0 Å². The number of esters is 1. The van der Waals surface area contributed by atoms with Gasteiger partial charge < -0.3 is 14.6 Å². The molecule has 0 amide bonds. The van der Waals surface area contributed by atoms with Crippen molar-refractivity contribution in [2.45, 2.75) is 25.8 Å². The van der Waals surface area contributed by atoms with Crippen LogP contribution in [0.15, 0.2) is 46.1 Å². The fourth-order valence-electron chi connectivity index (χ4n) is 3.41. The highest BCUT2D eigenvalue weighted by molar-refractivity contribution is 5.93. The lowest BCUT2D eigenvalue weighted by Crippen LogP contribution is -2.33. The van der Waals surface area contributed by atoms with Crippen LogP contribution in [0, 0.1) is 5.82 Å². The second-order valence-corrected chi connectivity index (χ2v) is 6.47. The molecule has 0 saturated carbocycles. The fourth-order valence-corrected chi connectivity index (χ4v) is 3.41. The molecule has 8 nitrogen and oxygen atoms in total. The van der Waals surface area contributed by atoms with E-state index in [9.17, 15) is 14.0 Å². The number of aliphatic imine (C=N–C) groups is 1. The van der Waals surface area contributed by atoms with Crippen LogP contribution in [0.3, 0.4) is 0 Å². The lowest BCUT2D eigenvalue weighted by molar-refractivity contribution is -0.138. The predicted molar refractivity (Wildman–Crippen MR) is 103 cm³/mol. The summed E-state index contributed by atoms with van der Waals surface area (Å²) < 4.78 is 18.6. The third-order valence-electron chi connectivity index (χ3n) is 4.70. The van der Waals surface area contributed by atoms with Gasteiger partial charge in [-0.1, -0.05) is 0 Å². The molecule has 0 radical (unpaired) electrons. The summed E-state index contributed by atoms with van der Waals surface area (Å²) in [6, 6.07) is 1.05. The zero-order valence-corrected chi connectivity index (χ0v) is 15.9. The molecule has 2 aliphatic heterocycles. The average Bonchev–Trinajstić information content (AvgIpc) is 3.34. The van der Waals surface area contributed by atoms with Gasteiger partial charge in [-0.05, 0) is 31.9 Å². The molecule has 150 valence electrons. The highest BCUT2D eigenvalue weighted by Crippen LogP contribution is 2.30. The van der Waals surface area contributed by atoms with E-state index in [1.54, 1.807) is 37.5 Å². The first-order valence-corrected chi connectivity index (χ1v) is 9.23. The Morgan fingerprint density at radius 1 is 1.50 bits per heavy atom. The topological polar surface area (TPSA) is 90.0 Å². The van der Waals surface area contributed by atoms with Crippen molar-refractivity contribution in [3.63, 3.8) is 0 Å². The average molecular weight is 389 g/mol. The van der Waals surface area contributed by atoms with Gasteiger partial charge in [0.25, 0.3) is 5.56 Å². The van der Waals surface area contributed by atoms with Crippen molar-refractivity contribution >= 4 is 11.8 Å². The molecule has 2 aliphatic rings. The van der Waals surface area contributed by atoms with Gasteiger partial charge in [-0.25, -0.2) is 14.6 Å². The molecule has 3 heterocycles. The number of halogens is 1. The number of hydrogen-bond donors (Lipinski definition) is 2. The summed E-state index contributed by atoms with van der Waals surface area (Å²) in [7, 11) is 1.67. The van der Waals surface area contributed by atoms with E-state index in [1.165, 1.54) is 6.07 Å². The minimum absolute atomic E-state index is 0.236. The number of nitrogens with one attached hydrogen (secondary N) is 2. The summed E-state index contributed by atoms with van der Waals surface area (Å²) in [5.74, 6) is -0.143. The van der Waals surface area contributed by atoms with Crippen LogP contribution in [-0.2, 0) is 9.53 Å². The Kier molecular flexibility index (Phi) is 6.25. The molecule has 1 fully saturated rings. The first kappa shape index (κ1) is 19.8. The summed E-state index contributed by atoms with van der Waals surface area (Å²) in [6.07, 6.45) is 7.90. The van der Waals surface area contributed by atoms with Crippen molar-refractivity contribution in [2.24, 2.45) is 4.99 Å².